The van der Waals surface area contributed by atoms with Gasteiger partial charge in [0.15, 0.2) is 0 Å². The van der Waals surface area contributed by atoms with E-state index in [0.717, 1.165) is 6.07 Å². The Labute approximate surface area is 165 Å². The molecule has 9 heteroatoms. The number of rotatable bonds is 4. The zero-order valence-corrected chi connectivity index (χ0v) is 16.3. The fourth-order valence-corrected chi connectivity index (χ4v) is 3.03. The van der Waals surface area contributed by atoms with Crippen LogP contribution in [0.2, 0.25) is 0 Å². The van der Waals surface area contributed by atoms with Crippen LogP contribution in [0.5, 0.6) is 0 Å². The van der Waals surface area contributed by atoms with Gasteiger partial charge >= 0.3 is 6.18 Å². The van der Waals surface area contributed by atoms with Crippen molar-refractivity contribution < 1.29 is 18.0 Å². The van der Waals surface area contributed by atoms with E-state index in [1.807, 2.05) is 20.8 Å². The number of H-pyrrole nitrogens is 1. The molecule has 0 aliphatic heterocycles. The molecule has 0 saturated carbocycles. The van der Waals surface area contributed by atoms with Crippen molar-refractivity contribution in [2.24, 2.45) is 11.1 Å². The number of anilines is 1. The molecule has 0 saturated heterocycles. The first-order valence-electron chi connectivity index (χ1n) is 9.02. The molecule has 0 bridgehead atoms. The number of nitrogens with two attached hydrogens (primary N) is 1. The topological polar surface area (TPSA) is 96.7 Å². The zero-order valence-electron chi connectivity index (χ0n) is 16.3. The predicted molar refractivity (Wildman–Crippen MR) is 105 cm³/mol. The first kappa shape index (κ1) is 20.8. The van der Waals surface area contributed by atoms with Gasteiger partial charge in [0.2, 0.25) is 5.91 Å². The third-order valence-corrected chi connectivity index (χ3v) is 4.33. The van der Waals surface area contributed by atoms with Crippen molar-refractivity contribution >= 4 is 22.8 Å². The monoisotopic (exact) mass is 405 g/mol. The third kappa shape index (κ3) is 4.92. The van der Waals surface area contributed by atoms with Crippen LogP contribution < -0.4 is 11.1 Å². The highest BCUT2D eigenvalue weighted by molar-refractivity contribution is 5.95. The molecule has 3 rings (SSSR count). The van der Waals surface area contributed by atoms with Crippen LogP contribution in [0, 0.1) is 5.41 Å². The number of amides is 1. The molecule has 0 unspecified atom stereocenters. The average molecular weight is 405 g/mol. The number of carbonyl (C=O) groups excluding carboxylic acids is 1. The number of fused-ring (bicyclic) bond motifs is 1. The molecule has 0 aliphatic rings. The second-order valence-electron chi connectivity index (χ2n) is 8.09. The Morgan fingerprint density at radius 2 is 1.93 bits per heavy atom. The van der Waals surface area contributed by atoms with Gasteiger partial charge in [-0.05, 0) is 41.7 Å². The quantitative estimate of drug-likeness (QED) is 0.601. The van der Waals surface area contributed by atoms with Gasteiger partial charge in [0, 0.05) is 23.3 Å². The lowest BCUT2D eigenvalue weighted by molar-refractivity contribution is -0.140. The Kier molecular flexibility index (Phi) is 5.36. The van der Waals surface area contributed by atoms with Crippen molar-refractivity contribution in [1.29, 1.82) is 0 Å². The Morgan fingerprint density at radius 3 is 2.52 bits per heavy atom. The molecule has 1 amide bonds. The molecule has 0 spiro atoms. The van der Waals surface area contributed by atoms with Gasteiger partial charge in [-0.1, -0.05) is 20.8 Å². The summed E-state index contributed by atoms with van der Waals surface area (Å²) in [5.74, 6) is -0.0228. The summed E-state index contributed by atoms with van der Waals surface area (Å²) in [5.41, 5.74) is 6.27. The Hall–Kier alpha value is -2.94. The van der Waals surface area contributed by atoms with Crippen molar-refractivity contribution in [2.75, 3.05) is 5.32 Å². The van der Waals surface area contributed by atoms with Gasteiger partial charge < -0.3 is 16.0 Å². The summed E-state index contributed by atoms with van der Waals surface area (Å²) in [7, 11) is 0. The van der Waals surface area contributed by atoms with E-state index in [0.29, 0.717) is 28.8 Å². The summed E-state index contributed by atoms with van der Waals surface area (Å²) in [5, 5.41) is 3.00. The van der Waals surface area contributed by atoms with Crippen molar-refractivity contribution in [1.82, 2.24) is 15.0 Å². The summed E-state index contributed by atoms with van der Waals surface area (Å²) < 4.78 is 38.9. The fraction of sp³-hybridized carbons (Fsp3) is 0.350. The highest BCUT2D eigenvalue weighted by Gasteiger charge is 2.33. The average Bonchev–Trinajstić information content (AvgIpc) is 3.05. The largest absolute Gasteiger partial charge is 0.431 e. The molecular weight excluding hydrogens is 383 g/mol. The van der Waals surface area contributed by atoms with Crippen molar-refractivity contribution in [2.45, 2.75) is 39.4 Å². The fourth-order valence-electron chi connectivity index (χ4n) is 3.03. The number of carbonyl (C=O) groups is 1. The van der Waals surface area contributed by atoms with Gasteiger partial charge in [-0.25, -0.2) is 9.97 Å². The highest BCUT2D eigenvalue weighted by atomic mass is 19.4. The van der Waals surface area contributed by atoms with E-state index in [1.54, 1.807) is 18.2 Å². The molecule has 3 heterocycles. The predicted octanol–water partition coefficient (Wildman–Crippen LogP) is 4.35. The third-order valence-electron chi connectivity index (χ3n) is 4.33. The molecule has 3 aromatic rings. The lowest BCUT2D eigenvalue weighted by Gasteiger charge is -2.22. The second kappa shape index (κ2) is 7.47. The number of nitrogens with zero attached hydrogens (tertiary/aromatic N) is 2. The lowest BCUT2D eigenvalue weighted by atomic mass is 9.88. The lowest BCUT2D eigenvalue weighted by Crippen LogP contribution is -2.38. The SMILES string of the molecule is CC(C)(C)C[C@@H](N)C(=O)Nc1ccc(-c2ccnc3[nH]c(C(F)(F)F)cc23)cn1. The van der Waals surface area contributed by atoms with Crippen LogP contribution in [0.1, 0.15) is 32.9 Å². The maximum Gasteiger partial charge on any atom is 0.431 e. The number of hydrogen-bond acceptors (Lipinski definition) is 4. The normalized spacial score (nSPS) is 13.5. The highest BCUT2D eigenvalue weighted by Crippen LogP contribution is 2.34. The van der Waals surface area contributed by atoms with Crippen molar-refractivity contribution in [3.05, 3.63) is 42.4 Å². The van der Waals surface area contributed by atoms with Crippen LogP contribution in [0.15, 0.2) is 36.7 Å². The first-order valence-corrected chi connectivity index (χ1v) is 9.02. The molecular formula is C20H22F3N5O. The van der Waals surface area contributed by atoms with Crippen LogP contribution >= 0.6 is 0 Å². The summed E-state index contributed by atoms with van der Waals surface area (Å²) in [4.78, 5) is 22.7. The van der Waals surface area contributed by atoms with E-state index in [2.05, 4.69) is 20.3 Å². The van der Waals surface area contributed by atoms with Crippen LogP contribution in [0.25, 0.3) is 22.2 Å². The Bertz CT molecular complexity index is 1020. The molecule has 0 fully saturated rings. The summed E-state index contributed by atoms with van der Waals surface area (Å²) in [6.45, 7) is 5.98. The van der Waals surface area contributed by atoms with E-state index < -0.39 is 17.9 Å². The van der Waals surface area contributed by atoms with Gasteiger partial charge in [-0.2, -0.15) is 13.2 Å². The van der Waals surface area contributed by atoms with Crippen LogP contribution in [0.3, 0.4) is 0 Å². The molecule has 6 nitrogen and oxygen atoms in total. The van der Waals surface area contributed by atoms with E-state index in [1.165, 1.54) is 12.4 Å². The van der Waals surface area contributed by atoms with Gasteiger partial charge in [-0.3, -0.25) is 4.79 Å². The minimum absolute atomic E-state index is 0.0907. The van der Waals surface area contributed by atoms with E-state index in [-0.39, 0.29) is 17.0 Å². The molecule has 0 radical (unpaired) electrons. The van der Waals surface area contributed by atoms with Crippen molar-refractivity contribution in [3.63, 3.8) is 0 Å². The summed E-state index contributed by atoms with van der Waals surface area (Å²) in [6.07, 6.45) is -1.06. The number of nitrogens with one attached hydrogen (secondary N) is 2. The van der Waals surface area contributed by atoms with E-state index in [9.17, 15) is 18.0 Å². The van der Waals surface area contributed by atoms with Crippen molar-refractivity contribution in [3.8, 4) is 11.1 Å². The molecule has 0 aliphatic carbocycles. The zero-order chi connectivity index (χ0) is 21.4. The molecule has 29 heavy (non-hydrogen) atoms. The van der Waals surface area contributed by atoms with Crippen LogP contribution in [-0.4, -0.2) is 26.9 Å². The first-order chi connectivity index (χ1) is 13.4. The molecule has 0 aromatic carbocycles. The number of aromatic amines is 1. The van der Waals surface area contributed by atoms with Gasteiger partial charge in [0.05, 0.1) is 6.04 Å². The molecule has 1 atom stereocenters. The number of alkyl halides is 3. The number of halogens is 3. The summed E-state index contributed by atoms with van der Waals surface area (Å²) in [6, 6.07) is 5.23. The van der Waals surface area contributed by atoms with E-state index in [4.69, 9.17) is 5.73 Å². The van der Waals surface area contributed by atoms with Gasteiger partial charge in [0.25, 0.3) is 0 Å². The Balaban J connectivity index is 1.82. The van der Waals surface area contributed by atoms with E-state index >= 15 is 0 Å². The maximum atomic E-state index is 13.0. The van der Waals surface area contributed by atoms with Crippen LogP contribution in [0.4, 0.5) is 19.0 Å². The number of aromatic nitrogens is 3. The Morgan fingerprint density at radius 1 is 1.21 bits per heavy atom. The molecule has 154 valence electrons. The minimum Gasteiger partial charge on any atom is -0.336 e. The minimum atomic E-state index is -4.49. The van der Waals surface area contributed by atoms with Gasteiger partial charge in [-0.15, -0.1) is 0 Å². The number of pyridine rings is 2. The van der Waals surface area contributed by atoms with Crippen LogP contribution in [-0.2, 0) is 11.0 Å². The standard InChI is InChI=1S/C20H22F3N5O/c1-19(2,3)9-14(24)18(29)28-16-5-4-11(10-26-16)12-6-7-25-17-13(12)8-15(27-17)20(21,22)23/h4-8,10,14H,9,24H2,1-3H3,(H,25,27)(H,26,28,29)/t14-/m1/s1. The molecule has 4 N–H and O–H groups in total. The maximum absolute atomic E-state index is 13.0. The summed E-state index contributed by atoms with van der Waals surface area (Å²) >= 11 is 0. The molecule has 3 aromatic heterocycles. The smallest absolute Gasteiger partial charge is 0.336 e. The van der Waals surface area contributed by atoms with Gasteiger partial charge in [0.1, 0.15) is 17.2 Å². The second-order valence-corrected chi connectivity index (χ2v) is 8.09. The number of hydrogen-bond donors (Lipinski definition) is 3.